The zero-order chi connectivity index (χ0) is 17.3. The zero-order valence-corrected chi connectivity index (χ0v) is 14.4. The molecule has 1 amide bonds. The molecule has 0 aromatic carbocycles. The normalized spacial score (nSPS) is 26.5. The largest absolute Gasteiger partial charge is 0.392 e. The topological polar surface area (TPSA) is 113 Å². The first-order valence-corrected chi connectivity index (χ1v) is 8.73. The van der Waals surface area contributed by atoms with Gasteiger partial charge in [0.05, 0.1) is 11.7 Å². The van der Waals surface area contributed by atoms with Gasteiger partial charge >= 0.3 is 0 Å². The predicted molar refractivity (Wildman–Crippen MR) is 92.9 cm³/mol. The van der Waals surface area contributed by atoms with Crippen molar-refractivity contribution in [1.29, 1.82) is 0 Å². The lowest BCUT2D eigenvalue weighted by molar-refractivity contribution is 0.00912. The van der Waals surface area contributed by atoms with Crippen LogP contribution in [0.3, 0.4) is 0 Å². The van der Waals surface area contributed by atoms with E-state index in [1.54, 1.807) is 0 Å². The predicted octanol–water partition coefficient (Wildman–Crippen LogP) is 1.89. The van der Waals surface area contributed by atoms with Gasteiger partial charge in [0.25, 0.3) is 5.91 Å². The van der Waals surface area contributed by atoms with Gasteiger partial charge in [-0.2, -0.15) is 4.98 Å². The Hall–Kier alpha value is -1.89. The van der Waals surface area contributed by atoms with E-state index in [0.717, 1.165) is 25.7 Å². The van der Waals surface area contributed by atoms with E-state index in [-0.39, 0.29) is 23.1 Å². The Balaban J connectivity index is 1.74. The molecule has 1 heterocycles. The minimum absolute atomic E-state index is 0.0672. The summed E-state index contributed by atoms with van der Waals surface area (Å²) in [4.78, 5) is 20.3. The molecule has 5 N–H and O–H groups in total. The fourth-order valence-electron chi connectivity index (χ4n) is 3.22. The standard InChI is InChI=1S/C17H27N5O2/c1-17(2)7-6-11(8-13(17)23)20-15-12(14(18)24)9-19-16(22-15)21-10-4-3-5-10/h9-11,13,23H,3-8H2,1-2H3,(H2,18,24)(H2,19,20,21,22). The Labute approximate surface area is 142 Å². The average molecular weight is 333 g/mol. The number of anilines is 2. The molecule has 132 valence electrons. The number of hydrogen-bond donors (Lipinski definition) is 4. The quantitative estimate of drug-likeness (QED) is 0.654. The Kier molecular flexibility index (Phi) is 4.62. The van der Waals surface area contributed by atoms with Gasteiger partial charge in [-0.05, 0) is 43.9 Å². The number of primary amides is 1. The SMILES string of the molecule is CC1(C)CCC(Nc2nc(NC3CCC3)ncc2C(N)=O)CC1O. The van der Waals surface area contributed by atoms with Gasteiger partial charge in [0.1, 0.15) is 5.82 Å². The van der Waals surface area contributed by atoms with Crippen molar-refractivity contribution in [3.05, 3.63) is 11.8 Å². The van der Waals surface area contributed by atoms with Crippen molar-refractivity contribution in [1.82, 2.24) is 9.97 Å². The van der Waals surface area contributed by atoms with Crippen LogP contribution in [0.1, 0.15) is 62.7 Å². The summed E-state index contributed by atoms with van der Waals surface area (Å²) in [6.45, 7) is 4.15. The van der Waals surface area contributed by atoms with E-state index in [9.17, 15) is 9.90 Å². The number of nitrogens with two attached hydrogens (primary N) is 1. The second-order valence-corrected chi connectivity index (χ2v) is 7.71. The first-order valence-electron chi connectivity index (χ1n) is 8.73. The second-order valence-electron chi connectivity index (χ2n) is 7.71. The van der Waals surface area contributed by atoms with E-state index in [1.807, 2.05) is 0 Å². The maximum absolute atomic E-state index is 11.7. The fraction of sp³-hybridized carbons (Fsp3) is 0.706. The third-order valence-electron chi connectivity index (χ3n) is 5.38. The smallest absolute Gasteiger partial charge is 0.254 e. The van der Waals surface area contributed by atoms with Crippen molar-refractivity contribution < 1.29 is 9.90 Å². The first-order chi connectivity index (χ1) is 11.3. The highest BCUT2D eigenvalue weighted by molar-refractivity contribution is 5.97. The lowest BCUT2D eigenvalue weighted by Crippen LogP contribution is -2.41. The first kappa shape index (κ1) is 17.0. The summed E-state index contributed by atoms with van der Waals surface area (Å²) in [5, 5.41) is 16.9. The molecule has 2 aliphatic carbocycles. The van der Waals surface area contributed by atoms with Crippen molar-refractivity contribution in [3.63, 3.8) is 0 Å². The molecule has 0 radical (unpaired) electrons. The van der Waals surface area contributed by atoms with Crippen molar-refractivity contribution in [3.8, 4) is 0 Å². The number of aliphatic hydroxyl groups excluding tert-OH is 1. The van der Waals surface area contributed by atoms with E-state index >= 15 is 0 Å². The molecule has 0 bridgehead atoms. The Morgan fingerprint density at radius 2 is 2.04 bits per heavy atom. The van der Waals surface area contributed by atoms with Gasteiger partial charge in [0.2, 0.25) is 5.95 Å². The van der Waals surface area contributed by atoms with Gasteiger partial charge in [-0.3, -0.25) is 4.79 Å². The van der Waals surface area contributed by atoms with Crippen LogP contribution in [0.15, 0.2) is 6.20 Å². The van der Waals surface area contributed by atoms with E-state index in [0.29, 0.717) is 24.2 Å². The summed E-state index contributed by atoms with van der Waals surface area (Å²) < 4.78 is 0. The lowest BCUT2D eigenvalue weighted by Gasteiger charge is -2.39. The van der Waals surface area contributed by atoms with Crippen LogP contribution < -0.4 is 16.4 Å². The highest BCUT2D eigenvalue weighted by Gasteiger charge is 2.35. The van der Waals surface area contributed by atoms with Crippen molar-refractivity contribution >= 4 is 17.7 Å². The maximum Gasteiger partial charge on any atom is 0.254 e. The molecular formula is C17H27N5O2. The van der Waals surface area contributed by atoms with Crippen LogP contribution in [0.25, 0.3) is 0 Å². The van der Waals surface area contributed by atoms with Crippen molar-refractivity contribution in [2.24, 2.45) is 11.1 Å². The van der Waals surface area contributed by atoms with Gasteiger partial charge in [0.15, 0.2) is 0 Å². The number of carbonyl (C=O) groups is 1. The summed E-state index contributed by atoms with van der Waals surface area (Å²) in [5.41, 5.74) is 5.66. The lowest BCUT2D eigenvalue weighted by atomic mass is 9.73. The number of hydrogen-bond acceptors (Lipinski definition) is 6. The molecule has 0 spiro atoms. The van der Waals surface area contributed by atoms with E-state index < -0.39 is 5.91 Å². The van der Waals surface area contributed by atoms with Crippen LogP contribution in [-0.4, -0.2) is 39.2 Å². The van der Waals surface area contributed by atoms with Crippen LogP contribution in [0.5, 0.6) is 0 Å². The number of aliphatic hydroxyl groups is 1. The Morgan fingerprint density at radius 3 is 2.62 bits per heavy atom. The monoisotopic (exact) mass is 333 g/mol. The number of nitrogens with one attached hydrogen (secondary N) is 2. The molecule has 7 nitrogen and oxygen atoms in total. The van der Waals surface area contributed by atoms with Gasteiger partial charge in [-0.1, -0.05) is 13.8 Å². The molecule has 7 heteroatoms. The van der Waals surface area contributed by atoms with Crippen LogP contribution in [-0.2, 0) is 0 Å². The molecule has 2 aliphatic rings. The van der Waals surface area contributed by atoms with Gasteiger partial charge in [-0.25, -0.2) is 4.98 Å². The number of rotatable bonds is 5. The molecule has 2 fully saturated rings. The van der Waals surface area contributed by atoms with Gasteiger partial charge in [0, 0.05) is 18.3 Å². The second kappa shape index (κ2) is 6.55. The van der Waals surface area contributed by atoms with E-state index in [2.05, 4.69) is 34.4 Å². The summed E-state index contributed by atoms with van der Waals surface area (Å²) >= 11 is 0. The third-order valence-corrected chi connectivity index (χ3v) is 5.38. The zero-order valence-electron chi connectivity index (χ0n) is 14.4. The summed E-state index contributed by atoms with van der Waals surface area (Å²) in [6.07, 6.45) is 7.00. The Morgan fingerprint density at radius 1 is 1.29 bits per heavy atom. The molecule has 2 unspecified atom stereocenters. The van der Waals surface area contributed by atoms with Crippen LogP contribution in [0, 0.1) is 5.41 Å². The number of nitrogens with zero attached hydrogens (tertiary/aromatic N) is 2. The average Bonchev–Trinajstić information content (AvgIpc) is 2.47. The molecule has 3 rings (SSSR count). The highest BCUT2D eigenvalue weighted by atomic mass is 16.3. The molecule has 2 atom stereocenters. The number of amides is 1. The van der Waals surface area contributed by atoms with E-state index in [4.69, 9.17) is 5.73 Å². The molecule has 2 saturated carbocycles. The van der Waals surface area contributed by atoms with Crippen molar-refractivity contribution in [2.45, 2.75) is 70.6 Å². The fourth-order valence-corrected chi connectivity index (χ4v) is 3.22. The van der Waals surface area contributed by atoms with Crippen LogP contribution in [0.2, 0.25) is 0 Å². The van der Waals surface area contributed by atoms with Crippen molar-refractivity contribution in [2.75, 3.05) is 10.6 Å². The summed E-state index contributed by atoms with van der Waals surface area (Å²) in [6, 6.07) is 0.479. The molecule has 24 heavy (non-hydrogen) atoms. The molecule has 0 aliphatic heterocycles. The molecule has 1 aromatic heterocycles. The summed E-state index contributed by atoms with van der Waals surface area (Å²) in [5.74, 6) is 0.421. The maximum atomic E-state index is 11.7. The Bertz CT molecular complexity index is 615. The third kappa shape index (κ3) is 3.61. The number of aromatic nitrogens is 2. The van der Waals surface area contributed by atoms with Crippen LogP contribution in [0.4, 0.5) is 11.8 Å². The van der Waals surface area contributed by atoms with Gasteiger partial charge in [-0.15, -0.1) is 0 Å². The number of carbonyl (C=O) groups excluding carboxylic acids is 1. The van der Waals surface area contributed by atoms with Crippen LogP contribution >= 0.6 is 0 Å². The molecule has 0 saturated heterocycles. The molecular weight excluding hydrogens is 306 g/mol. The highest BCUT2D eigenvalue weighted by Crippen LogP contribution is 2.36. The minimum Gasteiger partial charge on any atom is -0.392 e. The van der Waals surface area contributed by atoms with Gasteiger partial charge < -0.3 is 21.5 Å². The van der Waals surface area contributed by atoms with E-state index in [1.165, 1.54) is 12.6 Å². The molecule has 1 aromatic rings. The summed E-state index contributed by atoms with van der Waals surface area (Å²) in [7, 11) is 0. The minimum atomic E-state index is -0.551.